The average molecular weight is 284 g/mol. The van der Waals surface area contributed by atoms with Crippen LogP contribution in [0.5, 0.6) is 0 Å². The third-order valence-electron chi connectivity index (χ3n) is 5.01. The van der Waals surface area contributed by atoms with Crippen LogP contribution in [0.4, 0.5) is 0 Å². The molecule has 3 atom stereocenters. The zero-order chi connectivity index (χ0) is 15.0. The fraction of sp³-hybridized carbons (Fsp3) is 1.00. The monoisotopic (exact) mass is 284 g/mol. The largest absolute Gasteiger partial charge is 0.380 e. The van der Waals surface area contributed by atoms with E-state index in [0.717, 1.165) is 38.8 Å². The second-order valence-electron chi connectivity index (χ2n) is 6.68. The molecule has 120 valence electrons. The minimum absolute atomic E-state index is 0.271. The Morgan fingerprint density at radius 1 is 1.30 bits per heavy atom. The molecule has 0 aromatic carbocycles. The van der Waals surface area contributed by atoms with Gasteiger partial charge in [-0.15, -0.1) is 0 Å². The van der Waals surface area contributed by atoms with E-state index in [1.54, 1.807) is 0 Å². The van der Waals surface area contributed by atoms with Crippen LogP contribution in [0.3, 0.4) is 0 Å². The van der Waals surface area contributed by atoms with Crippen molar-refractivity contribution in [3.63, 3.8) is 0 Å². The van der Waals surface area contributed by atoms with Gasteiger partial charge in [-0.25, -0.2) is 0 Å². The van der Waals surface area contributed by atoms with Crippen molar-refractivity contribution in [3.05, 3.63) is 0 Å². The van der Waals surface area contributed by atoms with Gasteiger partial charge in [0, 0.05) is 37.8 Å². The summed E-state index contributed by atoms with van der Waals surface area (Å²) in [6, 6.07) is 0.661. The highest BCUT2D eigenvalue weighted by atomic mass is 16.5. The number of nitrogens with one attached hydrogen (secondary N) is 1. The molecule has 20 heavy (non-hydrogen) atoms. The van der Waals surface area contributed by atoms with Crippen LogP contribution in [-0.2, 0) is 4.74 Å². The van der Waals surface area contributed by atoms with Gasteiger partial charge in [-0.05, 0) is 25.7 Å². The Morgan fingerprint density at radius 3 is 2.65 bits per heavy atom. The second kappa shape index (κ2) is 9.01. The summed E-state index contributed by atoms with van der Waals surface area (Å²) in [7, 11) is 0. The second-order valence-corrected chi connectivity index (χ2v) is 6.68. The quantitative estimate of drug-likeness (QED) is 0.658. The van der Waals surface area contributed by atoms with Crippen LogP contribution in [0.15, 0.2) is 0 Å². The van der Waals surface area contributed by atoms with E-state index < -0.39 is 0 Å². The number of hydrogen-bond donors (Lipinski definition) is 1. The highest BCUT2D eigenvalue weighted by Crippen LogP contribution is 2.24. The Kier molecular flexibility index (Phi) is 8.08. The summed E-state index contributed by atoms with van der Waals surface area (Å²) >= 11 is 0. The van der Waals surface area contributed by atoms with E-state index in [-0.39, 0.29) is 5.54 Å². The molecule has 0 radical (unpaired) electrons. The van der Waals surface area contributed by atoms with E-state index in [0.29, 0.717) is 6.04 Å². The van der Waals surface area contributed by atoms with Crippen molar-refractivity contribution < 1.29 is 4.74 Å². The van der Waals surface area contributed by atoms with Crippen molar-refractivity contribution in [1.82, 2.24) is 10.2 Å². The zero-order valence-corrected chi connectivity index (χ0v) is 14.4. The van der Waals surface area contributed by atoms with Crippen LogP contribution in [0.25, 0.3) is 0 Å². The number of ether oxygens (including phenoxy) is 1. The van der Waals surface area contributed by atoms with Crippen molar-refractivity contribution in [3.8, 4) is 0 Å². The molecular formula is C17H36N2O. The van der Waals surface area contributed by atoms with Crippen LogP contribution in [0, 0.1) is 5.92 Å². The SMILES string of the molecule is CCCCOCCN1CC(C)(CC)NCC1C(C)CC. The van der Waals surface area contributed by atoms with Gasteiger partial charge in [-0.3, -0.25) is 4.90 Å². The molecule has 0 bridgehead atoms. The van der Waals surface area contributed by atoms with E-state index in [2.05, 4.69) is 44.8 Å². The Balaban J connectivity index is 2.49. The molecule has 3 heteroatoms. The number of unbranched alkanes of at least 4 members (excludes halogenated alkanes) is 1. The third kappa shape index (κ3) is 5.34. The fourth-order valence-corrected chi connectivity index (χ4v) is 2.95. The lowest BCUT2D eigenvalue weighted by Crippen LogP contribution is -2.64. The van der Waals surface area contributed by atoms with Crippen molar-refractivity contribution in [2.24, 2.45) is 5.92 Å². The molecule has 1 saturated heterocycles. The van der Waals surface area contributed by atoms with Crippen molar-refractivity contribution in [1.29, 1.82) is 0 Å². The van der Waals surface area contributed by atoms with E-state index in [4.69, 9.17) is 4.74 Å². The molecule has 0 amide bonds. The Hall–Kier alpha value is -0.120. The topological polar surface area (TPSA) is 24.5 Å². The van der Waals surface area contributed by atoms with Gasteiger partial charge < -0.3 is 10.1 Å². The molecule has 1 fully saturated rings. The molecule has 1 aliphatic heterocycles. The maximum atomic E-state index is 5.78. The van der Waals surface area contributed by atoms with Crippen molar-refractivity contribution in [2.75, 3.05) is 32.8 Å². The summed E-state index contributed by atoms with van der Waals surface area (Å²) in [6.45, 7) is 16.7. The van der Waals surface area contributed by atoms with Gasteiger partial charge in [0.05, 0.1) is 6.61 Å². The van der Waals surface area contributed by atoms with Crippen LogP contribution < -0.4 is 5.32 Å². The molecule has 1 heterocycles. The first-order valence-corrected chi connectivity index (χ1v) is 8.63. The number of piperazine rings is 1. The molecule has 1 rings (SSSR count). The van der Waals surface area contributed by atoms with Crippen LogP contribution in [0.2, 0.25) is 0 Å². The predicted molar refractivity (Wildman–Crippen MR) is 87.2 cm³/mol. The molecular weight excluding hydrogens is 248 g/mol. The summed E-state index contributed by atoms with van der Waals surface area (Å²) < 4.78 is 5.78. The first-order chi connectivity index (χ1) is 9.56. The first kappa shape index (κ1) is 17.9. The smallest absolute Gasteiger partial charge is 0.0593 e. The number of hydrogen-bond acceptors (Lipinski definition) is 3. The Labute approximate surface area is 126 Å². The van der Waals surface area contributed by atoms with Crippen molar-refractivity contribution in [2.45, 2.75) is 71.9 Å². The zero-order valence-electron chi connectivity index (χ0n) is 14.4. The van der Waals surface area contributed by atoms with Gasteiger partial charge in [-0.1, -0.05) is 40.5 Å². The molecule has 3 unspecified atom stereocenters. The van der Waals surface area contributed by atoms with E-state index in [1.807, 2.05) is 0 Å². The fourth-order valence-electron chi connectivity index (χ4n) is 2.95. The molecule has 0 aromatic heterocycles. The molecule has 0 spiro atoms. The normalized spacial score (nSPS) is 29.6. The van der Waals surface area contributed by atoms with Crippen LogP contribution in [-0.4, -0.2) is 49.3 Å². The minimum atomic E-state index is 0.271. The Bertz CT molecular complexity index is 259. The molecule has 1 aliphatic rings. The maximum Gasteiger partial charge on any atom is 0.0593 e. The highest BCUT2D eigenvalue weighted by Gasteiger charge is 2.35. The average Bonchev–Trinajstić information content (AvgIpc) is 2.46. The van der Waals surface area contributed by atoms with Gasteiger partial charge in [0.15, 0.2) is 0 Å². The molecule has 0 aliphatic carbocycles. The minimum Gasteiger partial charge on any atom is -0.380 e. The number of nitrogens with zero attached hydrogens (tertiary/aromatic N) is 1. The lowest BCUT2D eigenvalue weighted by atomic mass is 9.88. The summed E-state index contributed by atoms with van der Waals surface area (Å²) in [5.74, 6) is 0.750. The molecule has 1 N–H and O–H groups in total. The Morgan fingerprint density at radius 2 is 2.05 bits per heavy atom. The summed E-state index contributed by atoms with van der Waals surface area (Å²) in [6.07, 6.45) is 4.84. The molecule has 0 aromatic rings. The van der Waals surface area contributed by atoms with Crippen LogP contribution >= 0.6 is 0 Å². The highest BCUT2D eigenvalue weighted by molar-refractivity contribution is 4.95. The molecule has 0 saturated carbocycles. The van der Waals surface area contributed by atoms with E-state index in [9.17, 15) is 0 Å². The van der Waals surface area contributed by atoms with E-state index >= 15 is 0 Å². The first-order valence-electron chi connectivity index (χ1n) is 8.63. The summed E-state index contributed by atoms with van der Waals surface area (Å²) in [5.41, 5.74) is 0.271. The summed E-state index contributed by atoms with van der Waals surface area (Å²) in [4.78, 5) is 2.67. The predicted octanol–water partition coefficient (Wildman–Crippen LogP) is 3.29. The number of rotatable bonds is 9. The standard InChI is InChI=1S/C17H36N2O/c1-6-9-11-20-12-10-19-14-17(5,8-3)18-13-16(19)15(4)7-2/h15-16,18H,6-14H2,1-5H3. The van der Waals surface area contributed by atoms with Crippen LogP contribution in [0.1, 0.15) is 60.3 Å². The molecule has 3 nitrogen and oxygen atoms in total. The van der Waals surface area contributed by atoms with E-state index in [1.165, 1.54) is 25.7 Å². The van der Waals surface area contributed by atoms with Gasteiger partial charge in [0.2, 0.25) is 0 Å². The van der Waals surface area contributed by atoms with Gasteiger partial charge >= 0.3 is 0 Å². The van der Waals surface area contributed by atoms with Gasteiger partial charge in [0.1, 0.15) is 0 Å². The van der Waals surface area contributed by atoms with Gasteiger partial charge in [0.25, 0.3) is 0 Å². The summed E-state index contributed by atoms with van der Waals surface area (Å²) in [5, 5.41) is 3.77. The van der Waals surface area contributed by atoms with Gasteiger partial charge in [-0.2, -0.15) is 0 Å². The third-order valence-corrected chi connectivity index (χ3v) is 5.01. The lowest BCUT2D eigenvalue weighted by Gasteiger charge is -2.48. The van der Waals surface area contributed by atoms with Crippen molar-refractivity contribution >= 4 is 0 Å². The lowest BCUT2D eigenvalue weighted by molar-refractivity contribution is 0.0242. The maximum absolute atomic E-state index is 5.78.